The Morgan fingerprint density at radius 3 is 2.89 bits per heavy atom. The van der Waals surface area contributed by atoms with Crippen LogP contribution in [0.5, 0.6) is 0 Å². The number of halogens is 2. The van der Waals surface area contributed by atoms with Crippen molar-refractivity contribution in [1.82, 2.24) is 4.90 Å². The molecule has 0 saturated carbocycles. The van der Waals surface area contributed by atoms with Crippen molar-refractivity contribution in [2.75, 3.05) is 32.0 Å². The van der Waals surface area contributed by atoms with Crippen LogP contribution >= 0.6 is 11.6 Å². The van der Waals surface area contributed by atoms with Gasteiger partial charge >= 0.3 is 0 Å². The van der Waals surface area contributed by atoms with Gasteiger partial charge in [-0.3, -0.25) is 9.69 Å². The number of nitrogens with zero attached hydrogens (tertiary/aromatic N) is 1. The van der Waals surface area contributed by atoms with Crippen LogP contribution in [0.4, 0.5) is 10.1 Å². The molecule has 1 aromatic carbocycles. The van der Waals surface area contributed by atoms with Crippen LogP contribution in [-0.4, -0.2) is 37.5 Å². The summed E-state index contributed by atoms with van der Waals surface area (Å²) in [7, 11) is 1.83. The average molecular weight is 274 g/mol. The van der Waals surface area contributed by atoms with E-state index in [9.17, 15) is 9.18 Å². The van der Waals surface area contributed by atoms with Gasteiger partial charge in [0.05, 0.1) is 17.3 Å². The molecule has 1 rings (SSSR count). The Labute approximate surface area is 111 Å². The third-order valence-electron chi connectivity index (χ3n) is 2.36. The molecule has 0 spiro atoms. The maximum absolute atomic E-state index is 12.8. The van der Waals surface area contributed by atoms with Crippen molar-refractivity contribution in [2.45, 2.75) is 6.42 Å². The summed E-state index contributed by atoms with van der Waals surface area (Å²) in [6.07, 6.45) is 0.834. The number of hydrogen-bond acceptors (Lipinski definition) is 3. The van der Waals surface area contributed by atoms with Gasteiger partial charge in [-0.1, -0.05) is 11.6 Å². The average Bonchev–Trinajstić information content (AvgIpc) is 2.30. The first-order chi connectivity index (χ1) is 8.52. The first-order valence-electron chi connectivity index (χ1n) is 5.66. The molecule has 0 aliphatic rings. The molecule has 0 saturated heterocycles. The molecule has 0 heterocycles. The first kappa shape index (κ1) is 14.9. The Morgan fingerprint density at radius 2 is 2.28 bits per heavy atom. The zero-order chi connectivity index (χ0) is 13.5. The van der Waals surface area contributed by atoms with Crippen LogP contribution in [0.15, 0.2) is 18.2 Å². The van der Waals surface area contributed by atoms with E-state index in [0.717, 1.165) is 19.0 Å². The second-order valence-electron chi connectivity index (χ2n) is 4.05. The summed E-state index contributed by atoms with van der Waals surface area (Å²) in [6, 6.07) is 3.85. The molecule has 0 bridgehead atoms. The van der Waals surface area contributed by atoms with Crippen LogP contribution in [-0.2, 0) is 4.79 Å². The smallest absolute Gasteiger partial charge is 0.238 e. The lowest BCUT2D eigenvalue weighted by Crippen LogP contribution is -2.31. The zero-order valence-electron chi connectivity index (χ0n) is 10.2. The highest BCUT2D eigenvalue weighted by Crippen LogP contribution is 2.22. The fourth-order valence-corrected chi connectivity index (χ4v) is 1.68. The summed E-state index contributed by atoms with van der Waals surface area (Å²) in [4.78, 5) is 13.5. The maximum atomic E-state index is 12.8. The van der Waals surface area contributed by atoms with Gasteiger partial charge in [0.1, 0.15) is 5.82 Å². The summed E-state index contributed by atoms with van der Waals surface area (Å²) in [5.41, 5.74) is 5.80. The summed E-state index contributed by atoms with van der Waals surface area (Å²) in [5.74, 6) is -0.624. The first-order valence-corrected chi connectivity index (χ1v) is 6.04. The molecule has 0 fully saturated rings. The highest BCUT2D eigenvalue weighted by atomic mass is 35.5. The molecule has 0 unspecified atom stereocenters. The number of benzene rings is 1. The summed E-state index contributed by atoms with van der Waals surface area (Å²) in [5, 5.41) is 2.82. The molecule has 0 atom stereocenters. The minimum Gasteiger partial charge on any atom is -0.330 e. The van der Waals surface area contributed by atoms with Gasteiger partial charge in [0.2, 0.25) is 5.91 Å². The van der Waals surface area contributed by atoms with Crippen molar-refractivity contribution in [3.05, 3.63) is 29.0 Å². The van der Waals surface area contributed by atoms with E-state index < -0.39 is 5.82 Å². The fourth-order valence-electron chi connectivity index (χ4n) is 1.47. The molecule has 100 valence electrons. The van der Waals surface area contributed by atoms with E-state index in [-0.39, 0.29) is 17.5 Å². The molecular weight excluding hydrogens is 257 g/mol. The lowest BCUT2D eigenvalue weighted by atomic mass is 10.3. The van der Waals surface area contributed by atoms with Crippen LogP contribution in [0.3, 0.4) is 0 Å². The molecule has 18 heavy (non-hydrogen) atoms. The quantitative estimate of drug-likeness (QED) is 0.829. The zero-order valence-corrected chi connectivity index (χ0v) is 11.0. The molecule has 1 aromatic rings. The van der Waals surface area contributed by atoms with Crippen LogP contribution in [0.2, 0.25) is 5.02 Å². The lowest BCUT2D eigenvalue weighted by molar-refractivity contribution is -0.117. The van der Waals surface area contributed by atoms with Gasteiger partial charge in [-0.25, -0.2) is 4.39 Å². The number of carbonyl (C=O) groups is 1. The highest BCUT2D eigenvalue weighted by Gasteiger charge is 2.09. The van der Waals surface area contributed by atoms with Crippen LogP contribution in [0.1, 0.15) is 6.42 Å². The molecular formula is C12H17ClFN3O. The molecule has 0 radical (unpaired) electrons. The third kappa shape index (κ3) is 5.00. The molecule has 1 amide bonds. The number of nitrogens with two attached hydrogens (primary N) is 1. The van der Waals surface area contributed by atoms with Gasteiger partial charge in [0.15, 0.2) is 0 Å². The summed E-state index contributed by atoms with van der Waals surface area (Å²) < 4.78 is 12.8. The fraction of sp³-hybridized carbons (Fsp3) is 0.417. The van der Waals surface area contributed by atoms with Crippen LogP contribution in [0, 0.1) is 5.82 Å². The Morgan fingerprint density at radius 1 is 1.56 bits per heavy atom. The van der Waals surface area contributed by atoms with E-state index in [1.54, 1.807) is 0 Å². The number of likely N-dealkylation sites (N-methyl/N-ethyl adjacent to an activating group) is 1. The second-order valence-corrected chi connectivity index (χ2v) is 4.46. The molecule has 0 aliphatic carbocycles. The predicted octanol–water partition coefficient (Wildman–Crippen LogP) is 1.70. The van der Waals surface area contributed by atoms with E-state index in [4.69, 9.17) is 17.3 Å². The van der Waals surface area contributed by atoms with E-state index in [0.29, 0.717) is 12.2 Å². The predicted molar refractivity (Wildman–Crippen MR) is 71.2 cm³/mol. The van der Waals surface area contributed by atoms with Crippen molar-refractivity contribution < 1.29 is 9.18 Å². The highest BCUT2D eigenvalue weighted by molar-refractivity contribution is 6.33. The van der Waals surface area contributed by atoms with E-state index >= 15 is 0 Å². The van der Waals surface area contributed by atoms with Crippen molar-refractivity contribution in [3.63, 3.8) is 0 Å². The van der Waals surface area contributed by atoms with Gasteiger partial charge in [-0.05, 0) is 44.8 Å². The Hall–Kier alpha value is -1.17. The second kappa shape index (κ2) is 7.31. The summed E-state index contributed by atoms with van der Waals surface area (Å²) in [6.45, 7) is 1.59. The number of carbonyl (C=O) groups excluding carboxylic acids is 1. The van der Waals surface area contributed by atoms with Gasteiger partial charge in [-0.15, -0.1) is 0 Å². The monoisotopic (exact) mass is 273 g/mol. The minimum absolute atomic E-state index is 0.188. The minimum atomic E-state index is -0.432. The van der Waals surface area contributed by atoms with Gasteiger partial charge in [-0.2, -0.15) is 0 Å². The van der Waals surface area contributed by atoms with Crippen molar-refractivity contribution >= 4 is 23.2 Å². The van der Waals surface area contributed by atoms with Crippen LogP contribution in [0.25, 0.3) is 0 Å². The van der Waals surface area contributed by atoms with Crippen LogP contribution < -0.4 is 11.1 Å². The Bertz CT molecular complexity index is 414. The molecule has 3 N–H and O–H groups in total. The normalized spacial score (nSPS) is 10.7. The van der Waals surface area contributed by atoms with E-state index in [2.05, 4.69) is 5.32 Å². The standard InChI is InChI=1S/C12H17ClFN3O/c1-17(6-2-5-15)8-12(18)16-11-4-3-9(14)7-10(11)13/h3-4,7H,2,5-6,8,15H2,1H3,(H,16,18). The Balaban J connectivity index is 2.49. The van der Waals surface area contributed by atoms with E-state index in [1.807, 2.05) is 11.9 Å². The van der Waals surface area contributed by atoms with Crippen molar-refractivity contribution in [3.8, 4) is 0 Å². The van der Waals surface area contributed by atoms with Crippen molar-refractivity contribution in [1.29, 1.82) is 0 Å². The molecule has 4 nitrogen and oxygen atoms in total. The van der Waals surface area contributed by atoms with Gasteiger partial charge in [0, 0.05) is 0 Å². The third-order valence-corrected chi connectivity index (χ3v) is 2.68. The number of hydrogen-bond donors (Lipinski definition) is 2. The number of anilines is 1. The molecule has 6 heteroatoms. The Kier molecular flexibility index (Phi) is 6.04. The molecule has 0 aliphatic heterocycles. The molecule has 0 aromatic heterocycles. The van der Waals surface area contributed by atoms with Gasteiger partial charge in [0.25, 0.3) is 0 Å². The maximum Gasteiger partial charge on any atom is 0.238 e. The summed E-state index contributed by atoms with van der Waals surface area (Å²) >= 11 is 5.81. The topological polar surface area (TPSA) is 58.4 Å². The number of rotatable bonds is 6. The lowest BCUT2D eigenvalue weighted by Gasteiger charge is -2.16. The van der Waals surface area contributed by atoms with Crippen molar-refractivity contribution in [2.24, 2.45) is 5.73 Å². The number of nitrogens with one attached hydrogen (secondary N) is 1. The number of amides is 1. The van der Waals surface area contributed by atoms with E-state index in [1.165, 1.54) is 12.1 Å². The largest absolute Gasteiger partial charge is 0.330 e. The SMILES string of the molecule is CN(CCCN)CC(=O)Nc1ccc(F)cc1Cl. The van der Waals surface area contributed by atoms with Gasteiger partial charge < -0.3 is 11.1 Å².